The van der Waals surface area contributed by atoms with Crippen molar-refractivity contribution in [3.05, 3.63) is 0 Å². The Kier molecular flexibility index (Phi) is 4.33. The van der Waals surface area contributed by atoms with Gasteiger partial charge in [-0.25, -0.2) is 0 Å². The number of aliphatic hydroxyl groups excluding tert-OH is 1. The molecular formula is C12H24N2O2. The lowest BCUT2D eigenvalue weighted by atomic mass is 9.89. The summed E-state index contributed by atoms with van der Waals surface area (Å²) in [5.41, 5.74) is -0.512. The van der Waals surface area contributed by atoms with E-state index in [0.29, 0.717) is 12.6 Å². The Hall–Kier alpha value is -0.610. The zero-order valence-electron chi connectivity index (χ0n) is 10.8. The molecule has 0 bridgehead atoms. The van der Waals surface area contributed by atoms with Crippen LogP contribution in [0.15, 0.2) is 0 Å². The fourth-order valence-electron chi connectivity index (χ4n) is 1.60. The number of likely N-dealkylation sites (N-methyl/N-ethyl adjacent to an activating group) is 1. The molecule has 0 spiro atoms. The predicted octanol–water partition coefficient (Wildman–Crippen LogP) is 0.604. The van der Waals surface area contributed by atoms with Crippen LogP contribution in [0.25, 0.3) is 0 Å². The maximum atomic E-state index is 11.8. The van der Waals surface area contributed by atoms with Crippen molar-refractivity contribution in [2.75, 3.05) is 20.2 Å². The molecule has 1 atom stereocenters. The van der Waals surface area contributed by atoms with Crippen molar-refractivity contribution in [2.45, 2.75) is 45.2 Å². The van der Waals surface area contributed by atoms with E-state index in [1.807, 2.05) is 27.8 Å². The van der Waals surface area contributed by atoms with Crippen LogP contribution in [0.4, 0.5) is 0 Å². The average Bonchev–Trinajstić information content (AvgIpc) is 2.99. The second-order valence-electron chi connectivity index (χ2n) is 5.42. The zero-order chi connectivity index (χ0) is 12.3. The minimum absolute atomic E-state index is 0.000324. The van der Waals surface area contributed by atoms with Gasteiger partial charge in [-0.15, -0.1) is 0 Å². The third-order valence-corrected chi connectivity index (χ3v) is 3.59. The Morgan fingerprint density at radius 1 is 1.56 bits per heavy atom. The Bertz CT molecular complexity index is 251. The van der Waals surface area contributed by atoms with Gasteiger partial charge in [-0.05, 0) is 32.7 Å². The first-order chi connectivity index (χ1) is 7.39. The highest BCUT2D eigenvalue weighted by Crippen LogP contribution is 2.25. The van der Waals surface area contributed by atoms with E-state index < -0.39 is 5.54 Å². The van der Waals surface area contributed by atoms with Crippen LogP contribution in [-0.4, -0.2) is 47.7 Å². The summed E-state index contributed by atoms with van der Waals surface area (Å²) in [6.45, 7) is 6.28. The summed E-state index contributed by atoms with van der Waals surface area (Å²) in [6.07, 6.45) is 2.40. The first kappa shape index (κ1) is 13.5. The fraction of sp³-hybridized carbons (Fsp3) is 0.917. The average molecular weight is 228 g/mol. The van der Waals surface area contributed by atoms with Gasteiger partial charge in [-0.3, -0.25) is 9.69 Å². The van der Waals surface area contributed by atoms with Gasteiger partial charge in [-0.1, -0.05) is 13.8 Å². The molecule has 0 radical (unpaired) electrons. The van der Waals surface area contributed by atoms with Gasteiger partial charge in [0.1, 0.15) is 0 Å². The highest BCUT2D eigenvalue weighted by molar-refractivity contribution is 5.79. The predicted molar refractivity (Wildman–Crippen MR) is 64.1 cm³/mol. The molecular weight excluding hydrogens is 204 g/mol. The van der Waals surface area contributed by atoms with Gasteiger partial charge in [0, 0.05) is 6.04 Å². The molecule has 0 aromatic rings. The molecule has 4 nitrogen and oxygen atoms in total. The molecule has 4 heteroatoms. The Morgan fingerprint density at radius 2 is 2.12 bits per heavy atom. The quantitative estimate of drug-likeness (QED) is 0.700. The number of nitrogens with zero attached hydrogens (tertiary/aromatic N) is 1. The van der Waals surface area contributed by atoms with Crippen molar-refractivity contribution < 1.29 is 9.90 Å². The topological polar surface area (TPSA) is 52.6 Å². The van der Waals surface area contributed by atoms with E-state index in [1.165, 1.54) is 12.8 Å². The molecule has 1 aliphatic carbocycles. The number of carbonyl (C=O) groups excluding carboxylic acids is 1. The summed E-state index contributed by atoms with van der Waals surface area (Å²) >= 11 is 0. The van der Waals surface area contributed by atoms with Crippen LogP contribution >= 0.6 is 0 Å². The van der Waals surface area contributed by atoms with E-state index in [1.54, 1.807) is 0 Å². The smallest absolute Gasteiger partial charge is 0.234 e. The normalized spacial score (nSPS) is 19.9. The molecule has 0 unspecified atom stereocenters. The second-order valence-corrected chi connectivity index (χ2v) is 5.42. The van der Waals surface area contributed by atoms with Crippen LogP contribution in [0.1, 0.15) is 33.6 Å². The highest BCUT2D eigenvalue weighted by atomic mass is 16.3. The minimum atomic E-state index is -0.512. The molecule has 16 heavy (non-hydrogen) atoms. The van der Waals surface area contributed by atoms with Crippen LogP contribution in [0, 0.1) is 5.92 Å². The molecule has 1 amide bonds. The molecule has 1 aliphatic rings. The Balaban J connectivity index is 2.42. The number of hydrogen-bond donors (Lipinski definition) is 2. The Labute approximate surface area is 98.0 Å². The standard InChI is InChI=1S/C12H24N2O2/c1-9(2)12(3,8-15)13-11(16)7-14(4)10-5-6-10/h9-10,15H,5-8H2,1-4H3,(H,13,16)/t12-/m1/s1. The van der Waals surface area contributed by atoms with Crippen molar-refractivity contribution in [1.82, 2.24) is 10.2 Å². The van der Waals surface area contributed by atoms with Gasteiger partial charge in [0.25, 0.3) is 0 Å². The molecule has 2 N–H and O–H groups in total. The van der Waals surface area contributed by atoms with E-state index in [2.05, 4.69) is 10.2 Å². The van der Waals surface area contributed by atoms with Gasteiger partial charge in [0.05, 0.1) is 18.7 Å². The number of carbonyl (C=O) groups is 1. The minimum Gasteiger partial charge on any atom is -0.394 e. The van der Waals surface area contributed by atoms with E-state index in [4.69, 9.17) is 0 Å². The van der Waals surface area contributed by atoms with Gasteiger partial charge >= 0.3 is 0 Å². The number of aliphatic hydroxyl groups is 1. The van der Waals surface area contributed by atoms with E-state index in [9.17, 15) is 9.90 Å². The van der Waals surface area contributed by atoms with Gasteiger partial charge in [-0.2, -0.15) is 0 Å². The fourth-order valence-corrected chi connectivity index (χ4v) is 1.60. The first-order valence-corrected chi connectivity index (χ1v) is 6.01. The molecule has 0 saturated heterocycles. The summed E-state index contributed by atoms with van der Waals surface area (Å²) in [7, 11) is 1.98. The van der Waals surface area contributed by atoms with Crippen LogP contribution in [0.3, 0.4) is 0 Å². The molecule has 0 aliphatic heterocycles. The Morgan fingerprint density at radius 3 is 2.50 bits per heavy atom. The lowest BCUT2D eigenvalue weighted by Gasteiger charge is -2.33. The summed E-state index contributed by atoms with van der Waals surface area (Å²) in [4.78, 5) is 13.9. The largest absolute Gasteiger partial charge is 0.394 e. The van der Waals surface area contributed by atoms with Gasteiger partial charge in [0.15, 0.2) is 0 Å². The van der Waals surface area contributed by atoms with Crippen LogP contribution in [-0.2, 0) is 4.79 Å². The van der Waals surface area contributed by atoms with E-state index >= 15 is 0 Å². The molecule has 0 aromatic heterocycles. The molecule has 0 aromatic carbocycles. The van der Waals surface area contributed by atoms with Crippen molar-refractivity contribution in [3.8, 4) is 0 Å². The van der Waals surface area contributed by atoms with Crippen molar-refractivity contribution in [2.24, 2.45) is 5.92 Å². The number of hydrogen-bond acceptors (Lipinski definition) is 3. The van der Waals surface area contributed by atoms with Crippen LogP contribution in [0.5, 0.6) is 0 Å². The summed E-state index contributed by atoms with van der Waals surface area (Å²) < 4.78 is 0. The van der Waals surface area contributed by atoms with E-state index in [0.717, 1.165) is 0 Å². The number of nitrogens with one attached hydrogen (secondary N) is 1. The highest BCUT2D eigenvalue weighted by Gasteiger charge is 2.31. The van der Waals surface area contributed by atoms with Crippen molar-refractivity contribution in [1.29, 1.82) is 0 Å². The monoisotopic (exact) mass is 228 g/mol. The van der Waals surface area contributed by atoms with Gasteiger partial charge in [0.2, 0.25) is 5.91 Å². The van der Waals surface area contributed by atoms with Crippen LogP contribution < -0.4 is 5.32 Å². The maximum absolute atomic E-state index is 11.8. The van der Waals surface area contributed by atoms with Crippen molar-refractivity contribution >= 4 is 5.91 Å². The van der Waals surface area contributed by atoms with Crippen LogP contribution in [0.2, 0.25) is 0 Å². The SMILES string of the molecule is CC(C)[C@@](C)(CO)NC(=O)CN(C)C1CC1. The molecule has 1 rings (SSSR count). The molecule has 1 saturated carbocycles. The third-order valence-electron chi connectivity index (χ3n) is 3.59. The lowest BCUT2D eigenvalue weighted by Crippen LogP contribution is -2.54. The molecule has 1 fully saturated rings. The maximum Gasteiger partial charge on any atom is 0.234 e. The number of amides is 1. The summed E-state index contributed by atoms with van der Waals surface area (Å²) in [5.74, 6) is 0.215. The third kappa shape index (κ3) is 3.46. The molecule has 94 valence electrons. The number of rotatable bonds is 6. The lowest BCUT2D eigenvalue weighted by molar-refractivity contribution is -0.125. The first-order valence-electron chi connectivity index (χ1n) is 6.01. The summed E-state index contributed by atoms with van der Waals surface area (Å²) in [6, 6.07) is 0.588. The van der Waals surface area contributed by atoms with E-state index in [-0.39, 0.29) is 18.4 Å². The van der Waals surface area contributed by atoms with Gasteiger partial charge < -0.3 is 10.4 Å². The molecule has 0 heterocycles. The second kappa shape index (κ2) is 5.15. The zero-order valence-corrected chi connectivity index (χ0v) is 10.8. The summed E-state index contributed by atoms with van der Waals surface area (Å²) in [5, 5.41) is 12.3. The van der Waals surface area contributed by atoms with Crippen molar-refractivity contribution in [3.63, 3.8) is 0 Å².